The summed E-state index contributed by atoms with van der Waals surface area (Å²) in [6, 6.07) is 4.67. The Kier molecular flexibility index (Phi) is 4.60. The number of anilines is 1. The van der Waals surface area contributed by atoms with E-state index in [2.05, 4.69) is 25.0 Å². The molecule has 7 nitrogen and oxygen atoms in total. The van der Waals surface area contributed by atoms with Crippen molar-refractivity contribution in [2.75, 3.05) is 17.8 Å². The standard InChI is InChI=1S/C14H15F3N4O3S/c15-14(16,17)24-11-3-1-9(2-4-11)8-25(22,23)21-13-12(7-19-20-13)10-5-18-6-10/h1-4,7,10,18H,5-6,8H2,(H2,19,20,21). The Morgan fingerprint density at radius 1 is 1.24 bits per heavy atom. The topological polar surface area (TPSA) is 96.1 Å². The van der Waals surface area contributed by atoms with Crippen molar-refractivity contribution in [2.24, 2.45) is 0 Å². The van der Waals surface area contributed by atoms with Crippen molar-refractivity contribution >= 4 is 15.8 Å². The molecule has 1 aliphatic heterocycles. The van der Waals surface area contributed by atoms with Crippen LogP contribution in [0.4, 0.5) is 19.0 Å². The van der Waals surface area contributed by atoms with Crippen molar-refractivity contribution in [1.82, 2.24) is 15.5 Å². The average molecular weight is 376 g/mol. The summed E-state index contributed by atoms with van der Waals surface area (Å²) in [5.41, 5.74) is 1.10. The summed E-state index contributed by atoms with van der Waals surface area (Å²) in [7, 11) is -3.75. The molecule has 0 saturated carbocycles. The lowest BCUT2D eigenvalue weighted by atomic mass is 9.96. The molecule has 25 heavy (non-hydrogen) atoms. The predicted molar refractivity (Wildman–Crippen MR) is 83.6 cm³/mol. The van der Waals surface area contributed by atoms with Gasteiger partial charge in [0.1, 0.15) is 11.6 Å². The Labute approximate surface area is 141 Å². The van der Waals surface area contributed by atoms with E-state index >= 15 is 0 Å². The zero-order valence-corrected chi connectivity index (χ0v) is 13.6. The molecular formula is C14H15F3N4O3S. The molecular weight excluding hydrogens is 361 g/mol. The zero-order chi connectivity index (χ0) is 18.1. The molecule has 3 N–H and O–H groups in total. The third kappa shape index (κ3) is 4.63. The molecule has 1 aliphatic rings. The first-order valence-corrected chi connectivity index (χ1v) is 8.96. The van der Waals surface area contributed by atoms with E-state index < -0.39 is 22.1 Å². The average Bonchev–Trinajstić information content (AvgIpc) is 2.84. The molecule has 0 spiro atoms. The van der Waals surface area contributed by atoms with Crippen molar-refractivity contribution in [3.63, 3.8) is 0 Å². The summed E-state index contributed by atoms with van der Waals surface area (Å²) < 4.78 is 67.1. The number of rotatable bonds is 6. The molecule has 11 heteroatoms. The van der Waals surface area contributed by atoms with Crippen LogP contribution in [0, 0.1) is 0 Å². The molecule has 1 fully saturated rings. The third-order valence-electron chi connectivity index (χ3n) is 3.66. The number of ether oxygens (including phenoxy) is 1. The molecule has 0 bridgehead atoms. The maximum Gasteiger partial charge on any atom is 0.573 e. The van der Waals surface area contributed by atoms with Crippen molar-refractivity contribution < 1.29 is 26.3 Å². The van der Waals surface area contributed by atoms with Gasteiger partial charge >= 0.3 is 6.36 Å². The van der Waals surface area contributed by atoms with E-state index in [-0.39, 0.29) is 11.7 Å². The van der Waals surface area contributed by atoms with Gasteiger partial charge in [0.05, 0.1) is 11.9 Å². The number of sulfonamides is 1. The van der Waals surface area contributed by atoms with Crippen LogP contribution in [0.15, 0.2) is 30.5 Å². The molecule has 0 amide bonds. The number of nitrogens with one attached hydrogen (secondary N) is 3. The fraction of sp³-hybridized carbons (Fsp3) is 0.357. The second-order valence-electron chi connectivity index (χ2n) is 5.61. The summed E-state index contributed by atoms with van der Waals surface area (Å²) in [4.78, 5) is 0. The number of aromatic nitrogens is 2. The predicted octanol–water partition coefficient (Wildman–Crippen LogP) is 1.94. The van der Waals surface area contributed by atoms with Crippen molar-refractivity contribution in [2.45, 2.75) is 18.0 Å². The van der Waals surface area contributed by atoms with Gasteiger partial charge in [0.2, 0.25) is 10.0 Å². The van der Waals surface area contributed by atoms with Crippen LogP contribution in [-0.4, -0.2) is 38.1 Å². The van der Waals surface area contributed by atoms with Gasteiger partial charge in [0.25, 0.3) is 0 Å². The van der Waals surface area contributed by atoms with Gasteiger partial charge in [-0.25, -0.2) is 8.42 Å². The minimum absolute atomic E-state index is 0.190. The summed E-state index contributed by atoms with van der Waals surface area (Å²) >= 11 is 0. The summed E-state index contributed by atoms with van der Waals surface area (Å²) in [5, 5.41) is 9.57. The van der Waals surface area contributed by atoms with Crippen LogP contribution in [0.1, 0.15) is 17.0 Å². The van der Waals surface area contributed by atoms with Crippen LogP contribution in [0.25, 0.3) is 0 Å². The van der Waals surface area contributed by atoms with E-state index in [0.717, 1.165) is 30.8 Å². The second-order valence-corrected chi connectivity index (χ2v) is 7.33. The van der Waals surface area contributed by atoms with Gasteiger partial charge in [-0.15, -0.1) is 13.2 Å². The minimum Gasteiger partial charge on any atom is -0.406 e. The van der Waals surface area contributed by atoms with E-state index in [1.807, 2.05) is 0 Å². The zero-order valence-electron chi connectivity index (χ0n) is 12.8. The smallest absolute Gasteiger partial charge is 0.406 e. The first-order chi connectivity index (χ1) is 11.7. The Balaban J connectivity index is 1.66. The first kappa shape index (κ1) is 17.5. The SMILES string of the molecule is O=S(=O)(Cc1ccc(OC(F)(F)F)cc1)Nc1[nH]ncc1C1CNC1. The molecule has 2 heterocycles. The van der Waals surface area contributed by atoms with Crippen LogP contribution in [0.5, 0.6) is 5.75 Å². The van der Waals surface area contributed by atoms with Crippen molar-refractivity contribution in [3.05, 3.63) is 41.6 Å². The largest absolute Gasteiger partial charge is 0.573 e. The molecule has 1 saturated heterocycles. The molecule has 1 aromatic heterocycles. The Morgan fingerprint density at radius 2 is 1.92 bits per heavy atom. The molecule has 0 atom stereocenters. The molecule has 136 valence electrons. The number of aromatic amines is 1. The maximum absolute atomic E-state index is 12.3. The van der Waals surface area contributed by atoms with Crippen molar-refractivity contribution in [3.8, 4) is 5.75 Å². The van der Waals surface area contributed by atoms with E-state index in [9.17, 15) is 21.6 Å². The third-order valence-corrected chi connectivity index (χ3v) is 4.89. The van der Waals surface area contributed by atoms with E-state index in [1.54, 1.807) is 6.20 Å². The van der Waals surface area contributed by atoms with Gasteiger partial charge in [-0.2, -0.15) is 5.10 Å². The van der Waals surface area contributed by atoms with Crippen LogP contribution in [-0.2, 0) is 15.8 Å². The van der Waals surface area contributed by atoms with E-state index in [1.165, 1.54) is 12.1 Å². The first-order valence-electron chi connectivity index (χ1n) is 7.31. The monoisotopic (exact) mass is 376 g/mol. The fourth-order valence-electron chi connectivity index (χ4n) is 2.39. The highest BCUT2D eigenvalue weighted by Crippen LogP contribution is 2.27. The lowest BCUT2D eigenvalue weighted by Crippen LogP contribution is -2.40. The molecule has 2 aromatic rings. The van der Waals surface area contributed by atoms with Gasteiger partial charge in [-0.3, -0.25) is 9.82 Å². The highest BCUT2D eigenvalue weighted by molar-refractivity contribution is 7.91. The second kappa shape index (κ2) is 6.56. The number of hydrogen-bond donors (Lipinski definition) is 3. The number of nitrogens with zero attached hydrogens (tertiary/aromatic N) is 1. The lowest BCUT2D eigenvalue weighted by Gasteiger charge is -2.27. The molecule has 0 aliphatic carbocycles. The van der Waals surface area contributed by atoms with Gasteiger partial charge < -0.3 is 10.1 Å². The van der Waals surface area contributed by atoms with E-state index in [4.69, 9.17) is 0 Å². The molecule has 0 unspecified atom stereocenters. The van der Waals surface area contributed by atoms with Crippen LogP contribution in [0.2, 0.25) is 0 Å². The van der Waals surface area contributed by atoms with Crippen LogP contribution >= 0.6 is 0 Å². The normalized spacial score (nSPS) is 15.6. The number of benzene rings is 1. The molecule has 3 rings (SSSR count). The summed E-state index contributed by atoms with van der Waals surface area (Å²) in [6.07, 6.45) is -3.21. The fourth-order valence-corrected chi connectivity index (χ4v) is 3.57. The highest BCUT2D eigenvalue weighted by atomic mass is 32.2. The quantitative estimate of drug-likeness (QED) is 0.716. The van der Waals surface area contributed by atoms with Gasteiger partial charge in [-0.1, -0.05) is 12.1 Å². The summed E-state index contributed by atoms with van der Waals surface area (Å²) in [6.45, 7) is 1.49. The number of hydrogen-bond acceptors (Lipinski definition) is 5. The molecule has 0 radical (unpaired) electrons. The number of alkyl halides is 3. The van der Waals surface area contributed by atoms with Gasteiger partial charge in [0.15, 0.2) is 0 Å². The van der Waals surface area contributed by atoms with Gasteiger partial charge in [0, 0.05) is 24.6 Å². The van der Waals surface area contributed by atoms with Crippen molar-refractivity contribution in [1.29, 1.82) is 0 Å². The number of halogens is 3. The minimum atomic E-state index is -4.79. The van der Waals surface area contributed by atoms with E-state index in [0.29, 0.717) is 11.4 Å². The summed E-state index contributed by atoms with van der Waals surface area (Å²) in [5.74, 6) is -0.297. The Bertz CT molecular complexity index is 830. The lowest BCUT2D eigenvalue weighted by molar-refractivity contribution is -0.274. The Hall–Kier alpha value is -2.27. The number of H-pyrrole nitrogens is 1. The van der Waals surface area contributed by atoms with Crippen LogP contribution < -0.4 is 14.8 Å². The highest BCUT2D eigenvalue weighted by Gasteiger charge is 2.31. The maximum atomic E-state index is 12.3. The van der Waals surface area contributed by atoms with Gasteiger partial charge in [-0.05, 0) is 17.7 Å². The molecule has 1 aromatic carbocycles. The Morgan fingerprint density at radius 3 is 2.48 bits per heavy atom. The van der Waals surface area contributed by atoms with Crippen LogP contribution in [0.3, 0.4) is 0 Å².